The van der Waals surface area contributed by atoms with Gasteiger partial charge in [-0.15, -0.1) is 0 Å². The minimum Gasteiger partial charge on any atom is -0.478 e. The molecule has 0 heterocycles. The van der Waals surface area contributed by atoms with Crippen molar-refractivity contribution in [1.29, 1.82) is 5.26 Å². The minimum absolute atomic E-state index is 0.186. The Bertz CT molecular complexity index is 452. The molecule has 0 fully saturated rings. The summed E-state index contributed by atoms with van der Waals surface area (Å²) in [4.78, 5) is 10.3. The van der Waals surface area contributed by atoms with Crippen LogP contribution in [0.1, 0.15) is 11.1 Å². The summed E-state index contributed by atoms with van der Waals surface area (Å²) in [6, 6.07) is 4.81. The maximum Gasteiger partial charge on any atom is 0.328 e. The molecule has 76 valence electrons. The molecule has 0 spiro atoms. The molecule has 0 amide bonds. The van der Waals surface area contributed by atoms with Gasteiger partial charge in [0.25, 0.3) is 0 Å². The summed E-state index contributed by atoms with van der Waals surface area (Å²) >= 11 is 11.5. The van der Waals surface area contributed by atoms with E-state index < -0.39 is 5.97 Å². The molecule has 15 heavy (non-hydrogen) atoms. The van der Waals surface area contributed by atoms with Gasteiger partial charge >= 0.3 is 5.97 Å². The maximum absolute atomic E-state index is 10.3. The van der Waals surface area contributed by atoms with Crippen molar-refractivity contribution in [2.75, 3.05) is 0 Å². The summed E-state index contributed by atoms with van der Waals surface area (Å²) in [7, 11) is 0. The number of hydrogen-bond acceptors (Lipinski definition) is 2. The highest BCUT2D eigenvalue weighted by Crippen LogP contribution is 2.26. The van der Waals surface area contributed by atoms with E-state index in [1.807, 2.05) is 6.07 Å². The van der Waals surface area contributed by atoms with E-state index in [4.69, 9.17) is 33.6 Å². The summed E-state index contributed by atoms with van der Waals surface area (Å²) in [5, 5.41) is 17.5. The molecule has 0 aromatic heterocycles. The summed E-state index contributed by atoms with van der Waals surface area (Å²) in [5.41, 5.74) is 0.720. The lowest BCUT2D eigenvalue weighted by Gasteiger charge is -2.00. The molecule has 0 aliphatic rings. The molecule has 0 aliphatic carbocycles. The van der Waals surface area contributed by atoms with Gasteiger partial charge in [0.05, 0.1) is 15.6 Å². The summed E-state index contributed by atoms with van der Waals surface area (Å²) in [5.74, 6) is -1.06. The normalized spacial score (nSPS) is 10.2. The van der Waals surface area contributed by atoms with Crippen molar-refractivity contribution in [3.05, 3.63) is 39.4 Å². The molecule has 3 nitrogen and oxygen atoms in total. The third-order valence-corrected chi connectivity index (χ3v) is 2.19. The molecule has 0 radical (unpaired) electrons. The van der Waals surface area contributed by atoms with Crippen LogP contribution in [0.4, 0.5) is 0 Å². The Kier molecular flexibility index (Phi) is 3.73. The van der Waals surface area contributed by atoms with E-state index in [2.05, 4.69) is 0 Å². The molecule has 1 N–H and O–H groups in total. The lowest BCUT2D eigenvalue weighted by Crippen LogP contribution is -1.87. The van der Waals surface area contributed by atoms with Gasteiger partial charge in [0, 0.05) is 6.08 Å². The van der Waals surface area contributed by atoms with Crippen LogP contribution in [0.25, 0.3) is 6.08 Å². The SMILES string of the molecule is N#Cc1c(Cl)cc(/C=C/C(=O)O)cc1Cl. The number of nitriles is 1. The molecular formula is C10H5Cl2NO2. The summed E-state index contributed by atoms with van der Waals surface area (Å²) in [6.07, 6.45) is 2.31. The zero-order chi connectivity index (χ0) is 11.4. The van der Waals surface area contributed by atoms with Crippen molar-refractivity contribution in [2.45, 2.75) is 0 Å². The monoisotopic (exact) mass is 241 g/mol. The fraction of sp³-hybridized carbons (Fsp3) is 0. The number of carboxylic acids is 1. The molecule has 0 atom stereocenters. The highest BCUT2D eigenvalue weighted by Gasteiger charge is 2.06. The van der Waals surface area contributed by atoms with Gasteiger partial charge in [-0.3, -0.25) is 0 Å². The molecule has 1 aromatic carbocycles. The smallest absolute Gasteiger partial charge is 0.328 e. The van der Waals surface area contributed by atoms with E-state index in [1.165, 1.54) is 18.2 Å². The molecule has 5 heteroatoms. The number of carboxylic acid groups (broad SMARTS) is 1. The number of rotatable bonds is 2. The van der Waals surface area contributed by atoms with Crippen LogP contribution >= 0.6 is 23.2 Å². The number of nitrogens with zero attached hydrogens (tertiary/aromatic N) is 1. The van der Waals surface area contributed by atoms with Gasteiger partial charge in [-0.1, -0.05) is 23.2 Å². The number of carbonyl (C=O) groups is 1. The average molecular weight is 242 g/mol. The Morgan fingerprint density at radius 2 is 1.93 bits per heavy atom. The highest BCUT2D eigenvalue weighted by atomic mass is 35.5. The second kappa shape index (κ2) is 4.83. The Hall–Kier alpha value is -1.50. The fourth-order valence-electron chi connectivity index (χ4n) is 0.963. The van der Waals surface area contributed by atoms with E-state index >= 15 is 0 Å². The molecule has 0 aliphatic heterocycles. The lowest BCUT2D eigenvalue weighted by molar-refractivity contribution is -0.131. The van der Waals surface area contributed by atoms with Gasteiger partial charge in [-0.05, 0) is 23.8 Å². The summed E-state index contributed by atoms with van der Waals surface area (Å²) in [6.45, 7) is 0. The first-order valence-corrected chi connectivity index (χ1v) is 4.60. The van der Waals surface area contributed by atoms with Gasteiger partial charge in [-0.25, -0.2) is 4.79 Å². The van der Waals surface area contributed by atoms with Crippen LogP contribution in [0.5, 0.6) is 0 Å². The second-order valence-electron chi connectivity index (χ2n) is 2.64. The number of aliphatic carboxylic acids is 1. The van der Waals surface area contributed by atoms with Gasteiger partial charge in [0.1, 0.15) is 6.07 Å². The largest absolute Gasteiger partial charge is 0.478 e. The predicted molar refractivity (Wildman–Crippen MR) is 57.8 cm³/mol. The molecule has 1 aromatic rings. The third-order valence-electron chi connectivity index (χ3n) is 1.59. The Labute approximate surface area is 96.2 Å². The Morgan fingerprint density at radius 1 is 1.40 bits per heavy atom. The van der Waals surface area contributed by atoms with Crippen molar-refractivity contribution >= 4 is 35.2 Å². The second-order valence-corrected chi connectivity index (χ2v) is 3.46. The van der Waals surface area contributed by atoms with E-state index in [-0.39, 0.29) is 15.6 Å². The van der Waals surface area contributed by atoms with Crippen LogP contribution in [-0.2, 0) is 4.79 Å². The van der Waals surface area contributed by atoms with Crippen LogP contribution in [0.3, 0.4) is 0 Å². The fourth-order valence-corrected chi connectivity index (χ4v) is 1.55. The predicted octanol–water partition coefficient (Wildman–Crippen LogP) is 2.96. The molecular weight excluding hydrogens is 237 g/mol. The standard InChI is InChI=1S/C10H5Cl2NO2/c11-8-3-6(1-2-10(14)15)4-9(12)7(8)5-13/h1-4H,(H,14,15)/b2-1+. The van der Waals surface area contributed by atoms with Crippen LogP contribution in [0.2, 0.25) is 10.0 Å². The van der Waals surface area contributed by atoms with Gasteiger partial charge in [0.15, 0.2) is 0 Å². The zero-order valence-electron chi connectivity index (χ0n) is 7.37. The van der Waals surface area contributed by atoms with Crippen LogP contribution in [-0.4, -0.2) is 11.1 Å². The quantitative estimate of drug-likeness (QED) is 0.811. The number of halogens is 2. The molecule has 0 bridgehead atoms. The zero-order valence-corrected chi connectivity index (χ0v) is 8.88. The Balaban J connectivity index is 3.16. The average Bonchev–Trinajstić information content (AvgIpc) is 2.14. The molecule has 0 saturated carbocycles. The highest BCUT2D eigenvalue weighted by molar-refractivity contribution is 6.36. The number of benzene rings is 1. The third kappa shape index (κ3) is 2.98. The topological polar surface area (TPSA) is 61.1 Å². The van der Waals surface area contributed by atoms with Crippen molar-refractivity contribution in [3.8, 4) is 6.07 Å². The van der Waals surface area contributed by atoms with E-state index in [0.29, 0.717) is 5.56 Å². The molecule has 0 saturated heterocycles. The number of hydrogen-bond donors (Lipinski definition) is 1. The molecule has 0 unspecified atom stereocenters. The summed E-state index contributed by atoms with van der Waals surface area (Å²) < 4.78 is 0. The first-order chi connectivity index (χ1) is 7.04. The minimum atomic E-state index is -1.06. The van der Waals surface area contributed by atoms with Crippen molar-refractivity contribution in [3.63, 3.8) is 0 Å². The van der Waals surface area contributed by atoms with Crippen molar-refractivity contribution < 1.29 is 9.90 Å². The van der Waals surface area contributed by atoms with Gasteiger partial charge in [0.2, 0.25) is 0 Å². The van der Waals surface area contributed by atoms with Crippen molar-refractivity contribution in [1.82, 2.24) is 0 Å². The maximum atomic E-state index is 10.3. The first kappa shape index (κ1) is 11.6. The van der Waals surface area contributed by atoms with E-state index in [1.54, 1.807) is 0 Å². The van der Waals surface area contributed by atoms with E-state index in [9.17, 15) is 4.79 Å². The van der Waals surface area contributed by atoms with Crippen LogP contribution < -0.4 is 0 Å². The van der Waals surface area contributed by atoms with Gasteiger partial charge < -0.3 is 5.11 Å². The van der Waals surface area contributed by atoms with Crippen LogP contribution in [0.15, 0.2) is 18.2 Å². The van der Waals surface area contributed by atoms with E-state index in [0.717, 1.165) is 6.08 Å². The van der Waals surface area contributed by atoms with Crippen molar-refractivity contribution in [2.24, 2.45) is 0 Å². The first-order valence-electron chi connectivity index (χ1n) is 3.84. The van der Waals surface area contributed by atoms with Gasteiger partial charge in [-0.2, -0.15) is 5.26 Å². The Morgan fingerprint density at radius 3 is 2.33 bits per heavy atom. The molecule has 1 rings (SSSR count). The van der Waals surface area contributed by atoms with Crippen LogP contribution in [0, 0.1) is 11.3 Å². The lowest BCUT2D eigenvalue weighted by atomic mass is 10.1.